The molecular weight excluding hydrogens is 330 g/mol. The third-order valence-electron chi connectivity index (χ3n) is 5.21. The van der Waals surface area contributed by atoms with Crippen LogP contribution >= 0.6 is 0 Å². The lowest BCUT2D eigenvalue weighted by Crippen LogP contribution is -2.43. The van der Waals surface area contributed by atoms with Crippen LogP contribution in [0.5, 0.6) is 5.75 Å². The highest BCUT2D eigenvalue weighted by Crippen LogP contribution is 2.49. The Kier molecular flexibility index (Phi) is 4.15. The monoisotopic (exact) mass is 351 g/mol. The Balaban J connectivity index is 1.31. The largest absolute Gasteiger partial charge is 0.489 e. The van der Waals surface area contributed by atoms with E-state index in [2.05, 4.69) is 5.32 Å². The number of rotatable bonds is 7. The summed E-state index contributed by atoms with van der Waals surface area (Å²) in [5, 5.41) is 11.9. The number of ether oxygens (including phenoxy) is 1. The van der Waals surface area contributed by atoms with Gasteiger partial charge < -0.3 is 15.2 Å². The van der Waals surface area contributed by atoms with Crippen LogP contribution in [0.4, 0.5) is 0 Å². The van der Waals surface area contributed by atoms with Crippen LogP contribution in [-0.2, 0) is 16.2 Å². The van der Waals surface area contributed by atoms with Crippen molar-refractivity contribution in [2.24, 2.45) is 5.92 Å². The second kappa shape index (κ2) is 6.48. The first kappa shape index (κ1) is 16.6. The molecule has 2 saturated carbocycles. The molecule has 0 saturated heterocycles. The van der Waals surface area contributed by atoms with E-state index in [0.29, 0.717) is 19.4 Å². The van der Waals surface area contributed by atoms with Crippen molar-refractivity contribution in [3.8, 4) is 5.75 Å². The molecule has 5 heteroatoms. The van der Waals surface area contributed by atoms with Gasteiger partial charge in [0.25, 0.3) is 0 Å². The maximum atomic E-state index is 12.3. The molecule has 1 amide bonds. The minimum absolute atomic E-state index is 0.122. The smallest absolute Gasteiger partial charge is 0.329 e. The van der Waals surface area contributed by atoms with Crippen LogP contribution in [0.3, 0.4) is 0 Å². The molecule has 0 heterocycles. The molecule has 2 unspecified atom stereocenters. The van der Waals surface area contributed by atoms with Crippen molar-refractivity contribution in [1.82, 2.24) is 5.32 Å². The normalized spacial score (nSPS) is 22.3. The predicted octanol–water partition coefficient (Wildman–Crippen LogP) is 3.10. The highest BCUT2D eigenvalue weighted by atomic mass is 16.5. The van der Waals surface area contributed by atoms with Gasteiger partial charge in [-0.05, 0) is 48.4 Å². The Morgan fingerprint density at radius 2 is 1.77 bits per heavy atom. The zero-order valence-corrected chi connectivity index (χ0v) is 14.4. The van der Waals surface area contributed by atoms with Crippen LogP contribution in [0.1, 0.15) is 36.3 Å². The average Bonchev–Trinajstić information content (AvgIpc) is 3.56. The molecule has 134 valence electrons. The topological polar surface area (TPSA) is 75.6 Å². The molecule has 2 aliphatic rings. The van der Waals surface area contributed by atoms with E-state index in [1.165, 1.54) is 0 Å². The summed E-state index contributed by atoms with van der Waals surface area (Å²) in [4.78, 5) is 23.5. The number of carboxylic acids is 1. The minimum atomic E-state index is -1.00. The number of nitrogens with one attached hydrogen (secondary N) is 1. The minimum Gasteiger partial charge on any atom is -0.489 e. The summed E-state index contributed by atoms with van der Waals surface area (Å²) in [6.45, 7) is 0.520. The van der Waals surface area contributed by atoms with Crippen molar-refractivity contribution in [3.05, 3.63) is 65.7 Å². The van der Waals surface area contributed by atoms with Crippen LogP contribution in [0.2, 0.25) is 0 Å². The number of carbonyl (C=O) groups excluding carboxylic acids is 1. The van der Waals surface area contributed by atoms with Gasteiger partial charge >= 0.3 is 5.97 Å². The Labute approximate surface area is 152 Å². The molecule has 0 radical (unpaired) electrons. The molecule has 2 aliphatic carbocycles. The molecule has 4 rings (SSSR count). The van der Waals surface area contributed by atoms with Gasteiger partial charge in [-0.15, -0.1) is 0 Å². The molecule has 2 aromatic carbocycles. The Hall–Kier alpha value is -2.82. The van der Waals surface area contributed by atoms with Gasteiger partial charge in [0.1, 0.15) is 17.9 Å². The van der Waals surface area contributed by atoms with Crippen molar-refractivity contribution in [1.29, 1.82) is 0 Å². The zero-order valence-electron chi connectivity index (χ0n) is 14.4. The highest BCUT2D eigenvalue weighted by molar-refractivity contribution is 5.92. The first-order valence-corrected chi connectivity index (χ1v) is 8.89. The summed E-state index contributed by atoms with van der Waals surface area (Å²) in [7, 11) is 0. The van der Waals surface area contributed by atoms with Crippen molar-refractivity contribution in [2.45, 2.75) is 37.3 Å². The summed E-state index contributed by atoms with van der Waals surface area (Å²) in [5.41, 5.74) is 1.21. The third kappa shape index (κ3) is 3.43. The van der Waals surface area contributed by atoms with E-state index in [4.69, 9.17) is 4.74 Å². The van der Waals surface area contributed by atoms with Gasteiger partial charge in [-0.3, -0.25) is 4.79 Å². The summed E-state index contributed by atoms with van der Waals surface area (Å²) >= 11 is 0. The lowest BCUT2D eigenvalue weighted by molar-refractivity contribution is -0.143. The quantitative estimate of drug-likeness (QED) is 0.804. The third-order valence-corrected chi connectivity index (χ3v) is 5.21. The van der Waals surface area contributed by atoms with E-state index in [-0.39, 0.29) is 17.7 Å². The number of aliphatic carboxylic acids is 1. The molecule has 26 heavy (non-hydrogen) atoms. The fourth-order valence-corrected chi connectivity index (χ4v) is 3.25. The standard InChI is InChI=1S/C21H21NO4/c23-19(22-21(10-11-21)20(24)25)18-12-17(18)15-6-8-16(9-7-15)26-13-14-4-2-1-3-5-14/h1-9,17-18H,10-13H2,(H,22,23)(H,24,25). The van der Waals surface area contributed by atoms with Gasteiger partial charge in [0.15, 0.2) is 0 Å². The molecule has 2 N–H and O–H groups in total. The van der Waals surface area contributed by atoms with Gasteiger partial charge in [-0.2, -0.15) is 0 Å². The van der Waals surface area contributed by atoms with Crippen molar-refractivity contribution in [2.75, 3.05) is 0 Å². The average molecular weight is 351 g/mol. The number of carboxylic acid groups (broad SMARTS) is 1. The molecule has 5 nitrogen and oxygen atoms in total. The zero-order chi connectivity index (χ0) is 18.1. The Bertz CT molecular complexity index is 812. The van der Waals surface area contributed by atoms with Gasteiger partial charge in [-0.1, -0.05) is 42.5 Å². The van der Waals surface area contributed by atoms with Gasteiger partial charge in [-0.25, -0.2) is 4.79 Å². The fourth-order valence-electron chi connectivity index (χ4n) is 3.25. The number of amides is 1. The molecule has 0 spiro atoms. The number of carbonyl (C=O) groups is 2. The second-order valence-corrected chi connectivity index (χ2v) is 7.17. The molecule has 2 atom stereocenters. The lowest BCUT2D eigenvalue weighted by Gasteiger charge is -2.12. The van der Waals surface area contributed by atoms with Gasteiger partial charge in [0, 0.05) is 5.92 Å². The number of hydrogen-bond acceptors (Lipinski definition) is 3. The van der Waals surface area contributed by atoms with Crippen LogP contribution in [-0.4, -0.2) is 22.5 Å². The summed E-state index contributed by atoms with van der Waals surface area (Å²) in [5.74, 6) is -0.227. The van der Waals surface area contributed by atoms with Crippen LogP contribution in [0, 0.1) is 5.92 Å². The van der Waals surface area contributed by atoms with E-state index in [0.717, 1.165) is 23.3 Å². The second-order valence-electron chi connectivity index (χ2n) is 7.17. The molecule has 0 bridgehead atoms. The Morgan fingerprint density at radius 3 is 2.38 bits per heavy atom. The van der Waals surface area contributed by atoms with Crippen molar-refractivity contribution >= 4 is 11.9 Å². The first-order chi connectivity index (χ1) is 12.6. The molecule has 0 aromatic heterocycles. The number of benzene rings is 2. The van der Waals surface area contributed by atoms with E-state index in [1.54, 1.807) is 0 Å². The maximum Gasteiger partial charge on any atom is 0.329 e. The SMILES string of the molecule is O=C(NC1(C(=O)O)CC1)C1CC1c1ccc(OCc2ccccc2)cc1. The van der Waals surface area contributed by atoms with E-state index < -0.39 is 11.5 Å². The van der Waals surface area contributed by atoms with E-state index in [9.17, 15) is 14.7 Å². The van der Waals surface area contributed by atoms with Crippen molar-refractivity contribution in [3.63, 3.8) is 0 Å². The number of hydrogen-bond donors (Lipinski definition) is 2. The molecule has 2 fully saturated rings. The van der Waals surface area contributed by atoms with Gasteiger partial charge in [0.2, 0.25) is 5.91 Å². The first-order valence-electron chi connectivity index (χ1n) is 8.89. The summed E-state index contributed by atoms with van der Waals surface area (Å²) in [6.07, 6.45) is 1.82. The van der Waals surface area contributed by atoms with Crippen LogP contribution in [0.25, 0.3) is 0 Å². The maximum absolute atomic E-state index is 12.3. The van der Waals surface area contributed by atoms with Crippen LogP contribution in [0.15, 0.2) is 54.6 Å². The van der Waals surface area contributed by atoms with Gasteiger partial charge in [0.05, 0.1) is 0 Å². The fraction of sp³-hybridized carbons (Fsp3) is 0.333. The predicted molar refractivity (Wildman–Crippen MR) is 95.8 cm³/mol. The molecule has 2 aromatic rings. The Morgan fingerprint density at radius 1 is 1.08 bits per heavy atom. The van der Waals surface area contributed by atoms with E-state index in [1.807, 2.05) is 54.6 Å². The highest BCUT2D eigenvalue weighted by Gasteiger charge is 2.54. The summed E-state index contributed by atoms with van der Waals surface area (Å²) < 4.78 is 5.78. The molecule has 0 aliphatic heterocycles. The molecular formula is C21H21NO4. The van der Waals surface area contributed by atoms with E-state index >= 15 is 0 Å². The van der Waals surface area contributed by atoms with Crippen LogP contribution < -0.4 is 10.1 Å². The lowest BCUT2D eigenvalue weighted by atomic mass is 10.1. The van der Waals surface area contributed by atoms with Crippen molar-refractivity contribution < 1.29 is 19.4 Å². The summed E-state index contributed by atoms with van der Waals surface area (Å²) in [6, 6.07) is 17.8.